The van der Waals surface area contributed by atoms with E-state index in [0.717, 1.165) is 18.8 Å². The van der Waals surface area contributed by atoms with Crippen molar-refractivity contribution in [3.63, 3.8) is 0 Å². The summed E-state index contributed by atoms with van der Waals surface area (Å²) < 4.78 is 6.02. The van der Waals surface area contributed by atoms with Gasteiger partial charge < -0.3 is 4.74 Å². The van der Waals surface area contributed by atoms with Crippen molar-refractivity contribution >= 4 is 0 Å². The molecule has 2 fully saturated rings. The number of hydrogen-bond donors (Lipinski definition) is 2. The normalized spacial score (nSPS) is 37.2. The van der Waals surface area contributed by atoms with Gasteiger partial charge in [0, 0.05) is 7.11 Å². The predicted octanol–water partition coefficient (Wildman–Crippen LogP) is 3.22. The highest BCUT2D eigenvalue weighted by atomic mass is 16.5. The second kappa shape index (κ2) is 6.07. The number of methoxy groups -OCH3 is 1. The zero-order chi connectivity index (χ0) is 14.9. The minimum absolute atomic E-state index is 0.0740. The maximum Gasteiger partial charge on any atom is 0.0847 e. The van der Waals surface area contributed by atoms with Crippen LogP contribution >= 0.6 is 0 Å². The largest absolute Gasteiger partial charge is 0.377 e. The fourth-order valence-electron chi connectivity index (χ4n) is 4.23. The minimum atomic E-state index is -0.0740. The number of benzene rings is 1. The molecule has 21 heavy (non-hydrogen) atoms. The number of nitrogens with one attached hydrogen (secondary N) is 1. The van der Waals surface area contributed by atoms with Crippen molar-refractivity contribution in [2.75, 3.05) is 7.11 Å². The lowest BCUT2D eigenvalue weighted by Gasteiger charge is -2.44. The van der Waals surface area contributed by atoms with Crippen molar-refractivity contribution in [3.05, 3.63) is 35.9 Å². The molecule has 0 saturated heterocycles. The van der Waals surface area contributed by atoms with Gasteiger partial charge in [0.15, 0.2) is 0 Å². The van der Waals surface area contributed by atoms with Gasteiger partial charge in [-0.3, -0.25) is 11.3 Å². The lowest BCUT2D eigenvalue weighted by Crippen LogP contribution is -2.57. The van der Waals surface area contributed by atoms with Crippen LogP contribution in [0.25, 0.3) is 0 Å². The molecule has 1 aromatic rings. The summed E-state index contributed by atoms with van der Waals surface area (Å²) in [6, 6.07) is 11.1. The van der Waals surface area contributed by atoms with Crippen molar-refractivity contribution in [2.45, 2.75) is 56.6 Å². The van der Waals surface area contributed by atoms with E-state index in [2.05, 4.69) is 42.7 Å². The summed E-state index contributed by atoms with van der Waals surface area (Å²) in [5.74, 6) is 8.01. The van der Waals surface area contributed by atoms with E-state index in [0.29, 0.717) is 11.8 Å². The van der Waals surface area contributed by atoms with E-state index in [1.165, 1.54) is 24.8 Å². The fourth-order valence-corrected chi connectivity index (χ4v) is 4.23. The number of hydrogen-bond acceptors (Lipinski definition) is 3. The van der Waals surface area contributed by atoms with Crippen molar-refractivity contribution in [1.82, 2.24) is 5.43 Å². The van der Waals surface area contributed by atoms with Gasteiger partial charge in [-0.1, -0.05) is 37.3 Å². The lowest BCUT2D eigenvalue weighted by molar-refractivity contribution is -0.0803. The SMILES string of the molecule is COC1(C(NN)C2CC2c2ccccc2)CCC(C)CC1. The minimum Gasteiger partial charge on any atom is -0.377 e. The third-order valence-corrected chi connectivity index (χ3v) is 5.77. The third-order valence-electron chi connectivity index (χ3n) is 5.77. The highest BCUT2D eigenvalue weighted by Gasteiger charge is 2.53. The van der Waals surface area contributed by atoms with Crippen molar-refractivity contribution in [1.29, 1.82) is 0 Å². The van der Waals surface area contributed by atoms with E-state index in [9.17, 15) is 0 Å². The van der Waals surface area contributed by atoms with Crippen molar-refractivity contribution in [2.24, 2.45) is 17.7 Å². The molecule has 3 N–H and O–H groups in total. The Hall–Kier alpha value is -0.900. The smallest absolute Gasteiger partial charge is 0.0847 e. The Kier molecular flexibility index (Phi) is 4.34. The molecule has 0 spiro atoms. The van der Waals surface area contributed by atoms with Gasteiger partial charge in [0.2, 0.25) is 0 Å². The molecular weight excluding hydrogens is 260 g/mol. The molecule has 3 nitrogen and oxygen atoms in total. The quantitative estimate of drug-likeness (QED) is 0.646. The van der Waals surface area contributed by atoms with E-state index >= 15 is 0 Å². The first-order valence-corrected chi connectivity index (χ1v) is 8.26. The topological polar surface area (TPSA) is 47.3 Å². The van der Waals surface area contributed by atoms with Gasteiger partial charge in [0.1, 0.15) is 0 Å². The molecule has 2 aliphatic carbocycles. The summed E-state index contributed by atoms with van der Waals surface area (Å²) in [6.45, 7) is 2.34. The fraction of sp³-hybridized carbons (Fsp3) is 0.667. The van der Waals surface area contributed by atoms with E-state index in [-0.39, 0.29) is 11.6 Å². The van der Waals surface area contributed by atoms with Crippen LogP contribution in [0.15, 0.2) is 30.3 Å². The molecule has 0 aliphatic heterocycles. The number of hydrazine groups is 1. The van der Waals surface area contributed by atoms with Gasteiger partial charge in [0.25, 0.3) is 0 Å². The zero-order valence-electron chi connectivity index (χ0n) is 13.2. The average molecular weight is 288 g/mol. The molecular formula is C18H28N2O. The number of rotatable bonds is 5. The Balaban J connectivity index is 1.73. The number of ether oxygens (including phenoxy) is 1. The molecule has 2 saturated carbocycles. The Labute approximate surface area is 128 Å². The Morgan fingerprint density at radius 3 is 2.48 bits per heavy atom. The van der Waals surface area contributed by atoms with Crippen LogP contribution in [0.4, 0.5) is 0 Å². The summed E-state index contributed by atoms with van der Waals surface area (Å²) in [4.78, 5) is 0. The van der Waals surface area contributed by atoms with Gasteiger partial charge in [-0.25, -0.2) is 0 Å². The molecule has 0 radical (unpaired) electrons. The van der Waals surface area contributed by atoms with Crippen LogP contribution in [-0.2, 0) is 4.74 Å². The van der Waals surface area contributed by atoms with Crippen molar-refractivity contribution < 1.29 is 4.74 Å². The molecule has 0 bridgehead atoms. The molecule has 116 valence electrons. The Morgan fingerprint density at radius 1 is 1.24 bits per heavy atom. The molecule has 3 atom stereocenters. The van der Waals surface area contributed by atoms with Crippen LogP contribution < -0.4 is 11.3 Å². The number of nitrogens with two attached hydrogens (primary N) is 1. The molecule has 3 unspecified atom stereocenters. The van der Waals surface area contributed by atoms with Gasteiger partial charge in [-0.05, 0) is 55.4 Å². The van der Waals surface area contributed by atoms with E-state index in [4.69, 9.17) is 10.6 Å². The van der Waals surface area contributed by atoms with Crippen LogP contribution in [-0.4, -0.2) is 18.8 Å². The van der Waals surface area contributed by atoms with Gasteiger partial charge in [-0.15, -0.1) is 0 Å². The second-order valence-corrected chi connectivity index (χ2v) is 7.01. The molecule has 2 aliphatic rings. The third kappa shape index (κ3) is 2.87. The van der Waals surface area contributed by atoms with Crippen molar-refractivity contribution in [3.8, 4) is 0 Å². The molecule has 3 rings (SSSR count). The van der Waals surface area contributed by atoms with Crippen LogP contribution in [0.1, 0.15) is 50.5 Å². The van der Waals surface area contributed by atoms with E-state index in [1.807, 2.05) is 7.11 Å². The predicted molar refractivity (Wildman–Crippen MR) is 85.8 cm³/mol. The summed E-state index contributed by atoms with van der Waals surface area (Å²) >= 11 is 0. The first kappa shape index (κ1) is 15.0. The Morgan fingerprint density at radius 2 is 1.90 bits per heavy atom. The summed E-state index contributed by atoms with van der Waals surface area (Å²) in [6.07, 6.45) is 5.96. The molecule has 0 heterocycles. The van der Waals surface area contributed by atoms with E-state index < -0.39 is 0 Å². The summed E-state index contributed by atoms with van der Waals surface area (Å²) in [5, 5.41) is 0. The van der Waals surface area contributed by atoms with Gasteiger partial charge in [-0.2, -0.15) is 0 Å². The second-order valence-electron chi connectivity index (χ2n) is 7.01. The molecule has 0 amide bonds. The lowest BCUT2D eigenvalue weighted by atomic mass is 9.73. The standard InChI is InChI=1S/C18H28N2O/c1-13-8-10-18(21-2,11-9-13)17(20-19)16-12-15(16)14-6-4-3-5-7-14/h3-7,13,15-17,20H,8-12,19H2,1-2H3. The Bertz CT molecular complexity index is 454. The summed E-state index contributed by atoms with van der Waals surface area (Å²) in [5.41, 5.74) is 4.48. The average Bonchev–Trinajstić information content (AvgIpc) is 3.31. The van der Waals surface area contributed by atoms with Crippen LogP contribution in [0.5, 0.6) is 0 Å². The molecule has 3 heteroatoms. The van der Waals surface area contributed by atoms with Crippen LogP contribution in [0.3, 0.4) is 0 Å². The van der Waals surface area contributed by atoms with Gasteiger partial charge in [0.05, 0.1) is 11.6 Å². The van der Waals surface area contributed by atoms with E-state index in [1.54, 1.807) is 0 Å². The highest BCUT2D eigenvalue weighted by Crippen LogP contribution is 2.54. The van der Waals surface area contributed by atoms with Gasteiger partial charge >= 0.3 is 0 Å². The zero-order valence-corrected chi connectivity index (χ0v) is 13.2. The molecule has 0 aromatic heterocycles. The first-order valence-electron chi connectivity index (χ1n) is 8.26. The summed E-state index contributed by atoms with van der Waals surface area (Å²) in [7, 11) is 1.86. The maximum absolute atomic E-state index is 6.02. The van der Waals surface area contributed by atoms with Crippen LogP contribution in [0, 0.1) is 11.8 Å². The molecule has 1 aromatic carbocycles. The monoisotopic (exact) mass is 288 g/mol. The maximum atomic E-state index is 6.02. The highest BCUT2D eigenvalue weighted by molar-refractivity contribution is 5.27. The first-order chi connectivity index (χ1) is 10.2. The van der Waals surface area contributed by atoms with Crippen LogP contribution in [0.2, 0.25) is 0 Å².